The highest BCUT2D eigenvalue weighted by Gasteiger charge is 2.36. The predicted octanol–water partition coefficient (Wildman–Crippen LogP) is 7.29. The van der Waals surface area contributed by atoms with Crippen LogP contribution in [0, 0.1) is 17.3 Å². The average Bonchev–Trinajstić information content (AvgIpc) is 2.54. The molecule has 0 unspecified atom stereocenters. The van der Waals surface area contributed by atoms with Crippen molar-refractivity contribution < 1.29 is 0 Å². The summed E-state index contributed by atoms with van der Waals surface area (Å²) in [7, 11) is 0. The molecule has 2 saturated carbocycles. The highest BCUT2D eigenvalue weighted by atomic mass is 14.4. The first kappa shape index (κ1) is 17.1. The highest BCUT2D eigenvalue weighted by molar-refractivity contribution is 4.96. The fourth-order valence-electron chi connectivity index (χ4n) is 5.10. The molecule has 0 bridgehead atoms. The molecule has 2 fully saturated rings. The molecule has 0 aromatic carbocycles. The van der Waals surface area contributed by atoms with Gasteiger partial charge in [-0.25, -0.2) is 0 Å². The van der Waals surface area contributed by atoms with Gasteiger partial charge in [-0.05, 0) is 68.6 Å². The van der Waals surface area contributed by atoms with Gasteiger partial charge >= 0.3 is 0 Å². The third-order valence-electron chi connectivity index (χ3n) is 6.70. The zero-order valence-corrected chi connectivity index (χ0v) is 14.8. The van der Waals surface area contributed by atoms with E-state index in [1.165, 1.54) is 95.5 Å². The molecule has 0 aromatic rings. The van der Waals surface area contributed by atoms with E-state index < -0.39 is 0 Å². The zero-order valence-electron chi connectivity index (χ0n) is 14.8. The summed E-state index contributed by atoms with van der Waals surface area (Å²) in [6.45, 7) is 8.87. The molecular formula is C21H38. The first-order valence-electron chi connectivity index (χ1n) is 9.86. The molecule has 122 valence electrons. The van der Waals surface area contributed by atoms with Crippen molar-refractivity contribution in [1.82, 2.24) is 0 Å². The van der Waals surface area contributed by atoms with Crippen molar-refractivity contribution >= 4 is 0 Å². The maximum Gasteiger partial charge on any atom is -0.0294 e. The molecule has 0 saturated heterocycles. The molecule has 0 aliphatic heterocycles. The Morgan fingerprint density at radius 1 is 0.905 bits per heavy atom. The minimum Gasteiger partial charge on any atom is -0.0999 e. The van der Waals surface area contributed by atoms with Gasteiger partial charge in [0.15, 0.2) is 0 Å². The van der Waals surface area contributed by atoms with Gasteiger partial charge in [0, 0.05) is 0 Å². The Labute approximate surface area is 133 Å². The minimum atomic E-state index is 0.679. The van der Waals surface area contributed by atoms with Gasteiger partial charge in [-0.3, -0.25) is 0 Å². The molecule has 0 N–H and O–H groups in total. The number of hydrogen-bond acceptors (Lipinski definition) is 0. The van der Waals surface area contributed by atoms with Gasteiger partial charge < -0.3 is 0 Å². The van der Waals surface area contributed by atoms with Crippen molar-refractivity contribution in [2.75, 3.05) is 0 Å². The summed E-state index contributed by atoms with van der Waals surface area (Å²) < 4.78 is 0. The van der Waals surface area contributed by atoms with Crippen molar-refractivity contribution in [2.45, 2.75) is 104 Å². The standard InChI is InChI=1S/C21H38/c1-4-14-21(15-11-18(3)5-2)16-12-20(13-17-21)19-9-7-6-8-10-19/h19-20H,3-17H2,1-2H3. The Balaban J connectivity index is 1.85. The Hall–Kier alpha value is -0.260. The summed E-state index contributed by atoms with van der Waals surface area (Å²) >= 11 is 0. The number of allylic oxidation sites excluding steroid dienone is 1. The van der Waals surface area contributed by atoms with Crippen molar-refractivity contribution in [3.63, 3.8) is 0 Å². The van der Waals surface area contributed by atoms with Gasteiger partial charge in [-0.2, -0.15) is 0 Å². The Kier molecular flexibility index (Phi) is 6.83. The maximum atomic E-state index is 4.24. The molecule has 2 aliphatic carbocycles. The van der Waals surface area contributed by atoms with Crippen LogP contribution in [-0.2, 0) is 0 Å². The van der Waals surface area contributed by atoms with E-state index in [9.17, 15) is 0 Å². The SMILES string of the molecule is C=C(CC)CCC1(CCC)CCC(C2CCCCC2)CC1. The molecule has 0 atom stereocenters. The van der Waals surface area contributed by atoms with Gasteiger partial charge in [-0.15, -0.1) is 0 Å². The van der Waals surface area contributed by atoms with Crippen molar-refractivity contribution in [3.05, 3.63) is 12.2 Å². The van der Waals surface area contributed by atoms with E-state index in [-0.39, 0.29) is 0 Å². The molecule has 2 rings (SSSR count). The molecule has 0 radical (unpaired) electrons. The van der Waals surface area contributed by atoms with Gasteiger partial charge in [-0.1, -0.05) is 64.5 Å². The summed E-state index contributed by atoms with van der Waals surface area (Å²) in [6, 6.07) is 0. The van der Waals surface area contributed by atoms with E-state index in [0.29, 0.717) is 5.41 Å². The molecule has 0 spiro atoms. The van der Waals surface area contributed by atoms with Crippen LogP contribution in [0.2, 0.25) is 0 Å². The van der Waals surface area contributed by atoms with Crippen LogP contribution in [0.25, 0.3) is 0 Å². The van der Waals surface area contributed by atoms with Crippen molar-refractivity contribution in [3.8, 4) is 0 Å². The summed E-state index contributed by atoms with van der Waals surface area (Å²) in [4.78, 5) is 0. The Morgan fingerprint density at radius 3 is 2.10 bits per heavy atom. The lowest BCUT2D eigenvalue weighted by Gasteiger charge is -2.43. The second-order valence-corrected chi connectivity index (χ2v) is 8.09. The van der Waals surface area contributed by atoms with Crippen LogP contribution in [0.15, 0.2) is 12.2 Å². The lowest BCUT2D eigenvalue weighted by atomic mass is 9.62. The third-order valence-corrected chi connectivity index (χ3v) is 6.70. The predicted molar refractivity (Wildman–Crippen MR) is 94.5 cm³/mol. The van der Waals surface area contributed by atoms with Crippen LogP contribution in [0.5, 0.6) is 0 Å². The molecular weight excluding hydrogens is 252 g/mol. The molecule has 0 nitrogen and oxygen atoms in total. The smallest absolute Gasteiger partial charge is 0.0294 e. The first-order valence-corrected chi connectivity index (χ1v) is 9.86. The second-order valence-electron chi connectivity index (χ2n) is 8.09. The van der Waals surface area contributed by atoms with Crippen LogP contribution in [0.3, 0.4) is 0 Å². The lowest BCUT2D eigenvalue weighted by Crippen LogP contribution is -2.31. The van der Waals surface area contributed by atoms with Crippen molar-refractivity contribution in [1.29, 1.82) is 0 Å². The topological polar surface area (TPSA) is 0 Å². The Morgan fingerprint density at radius 2 is 1.52 bits per heavy atom. The zero-order chi connectivity index (χ0) is 15.1. The van der Waals surface area contributed by atoms with E-state index in [2.05, 4.69) is 20.4 Å². The molecule has 0 amide bonds. The van der Waals surface area contributed by atoms with Gasteiger partial charge in [0.25, 0.3) is 0 Å². The summed E-state index contributed by atoms with van der Waals surface area (Å²) in [5.74, 6) is 2.16. The average molecular weight is 291 g/mol. The van der Waals surface area contributed by atoms with Gasteiger partial charge in [0.1, 0.15) is 0 Å². The molecule has 2 aliphatic rings. The summed E-state index contributed by atoms with van der Waals surface area (Å²) in [6.07, 6.45) is 20.4. The largest absolute Gasteiger partial charge is 0.0999 e. The monoisotopic (exact) mass is 290 g/mol. The van der Waals surface area contributed by atoms with Gasteiger partial charge in [0.2, 0.25) is 0 Å². The highest BCUT2D eigenvalue weighted by Crippen LogP contribution is 2.49. The fourth-order valence-corrected chi connectivity index (χ4v) is 5.10. The molecule has 0 heteroatoms. The first-order chi connectivity index (χ1) is 10.2. The quantitative estimate of drug-likeness (QED) is 0.432. The fraction of sp³-hybridized carbons (Fsp3) is 0.905. The van der Waals surface area contributed by atoms with Gasteiger partial charge in [0.05, 0.1) is 0 Å². The van der Waals surface area contributed by atoms with E-state index in [4.69, 9.17) is 0 Å². The molecule has 0 heterocycles. The van der Waals surface area contributed by atoms with E-state index in [1.807, 2.05) is 0 Å². The van der Waals surface area contributed by atoms with E-state index in [1.54, 1.807) is 0 Å². The van der Waals surface area contributed by atoms with E-state index >= 15 is 0 Å². The van der Waals surface area contributed by atoms with E-state index in [0.717, 1.165) is 11.8 Å². The summed E-state index contributed by atoms with van der Waals surface area (Å²) in [5.41, 5.74) is 2.15. The summed E-state index contributed by atoms with van der Waals surface area (Å²) in [5, 5.41) is 0. The third kappa shape index (κ3) is 4.86. The van der Waals surface area contributed by atoms with Crippen LogP contribution < -0.4 is 0 Å². The minimum absolute atomic E-state index is 0.679. The molecule has 0 aromatic heterocycles. The number of rotatable bonds is 7. The Bertz CT molecular complexity index is 300. The second kappa shape index (κ2) is 8.39. The maximum absolute atomic E-state index is 4.24. The number of hydrogen-bond donors (Lipinski definition) is 0. The lowest BCUT2D eigenvalue weighted by molar-refractivity contribution is 0.0853. The van der Waals surface area contributed by atoms with Crippen LogP contribution >= 0.6 is 0 Å². The van der Waals surface area contributed by atoms with Crippen molar-refractivity contribution in [2.24, 2.45) is 17.3 Å². The molecule has 21 heavy (non-hydrogen) atoms. The van der Waals surface area contributed by atoms with Crippen LogP contribution in [0.4, 0.5) is 0 Å². The van der Waals surface area contributed by atoms with Crippen LogP contribution in [-0.4, -0.2) is 0 Å². The normalized spacial score (nSPS) is 31.2. The van der Waals surface area contributed by atoms with Crippen LogP contribution in [0.1, 0.15) is 104 Å².